The number of H-pyrrole nitrogens is 1. The fourth-order valence-electron chi connectivity index (χ4n) is 4.99. The molecule has 192 valence electrons. The van der Waals surface area contributed by atoms with E-state index >= 15 is 0 Å². The number of nitrogens with zero attached hydrogens (tertiary/aromatic N) is 4. The standard InChI is InChI=1S/C29H27N5O4/c1-17-8-12-22(13-9-17)32-28(35)25(19(3)30-32)27(21-6-5-7-24(16-21)34(37)38)26-20(4)31-33(29(26)36)23-14-10-18(2)11-15-23/h5-16,25,27,31H,1-4H3/t25-,27+/m0/s1. The third kappa shape index (κ3) is 4.32. The van der Waals surface area contributed by atoms with E-state index in [0.29, 0.717) is 33.9 Å². The van der Waals surface area contributed by atoms with Crippen LogP contribution < -0.4 is 10.6 Å². The van der Waals surface area contributed by atoms with Gasteiger partial charge in [0.05, 0.1) is 22.2 Å². The number of carbonyl (C=O) groups is 1. The lowest BCUT2D eigenvalue weighted by molar-refractivity contribution is -0.384. The van der Waals surface area contributed by atoms with Crippen molar-refractivity contribution >= 4 is 23.0 Å². The van der Waals surface area contributed by atoms with Crippen LogP contribution in [0.25, 0.3) is 5.69 Å². The van der Waals surface area contributed by atoms with Gasteiger partial charge in [0.1, 0.15) is 0 Å². The van der Waals surface area contributed by atoms with Gasteiger partial charge in [0.2, 0.25) is 0 Å². The van der Waals surface area contributed by atoms with E-state index in [1.807, 2.05) is 62.4 Å². The van der Waals surface area contributed by atoms with Crippen LogP contribution in [0.1, 0.15) is 40.8 Å². The van der Waals surface area contributed by atoms with Crippen molar-refractivity contribution in [1.29, 1.82) is 0 Å². The maximum Gasteiger partial charge on any atom is 0.275 e. The summed E-state index contributed by atoms with van der Waals surface area (Å²) in [5, 5.41) is 20.7. The fraction of sp³-hybridized carbons (Fsp3) is 0.207. The number of hydrogen-bond donors (Lipinski definition) is 1. The topological polar surface area (TPSA) is 114 Å². The lowest BCUT2D eigenvalue weighted by Crippen LogP contribution is -2.34. The van der Waals surface area contributed by atoms with E-state index in [1.165, 1.54) is 21.8 Å². The second-order valence-corrected chi connectivity index (χ2v) is 9.66. The first-order valence-electron chi connectivity index (χ1n) is 12.2. The summed E-state index contributed by atoms with van der Waals surface area (Å²) < 4.78 is 1.44. The van der Waals surface area contributed by atoms with E-state index in [9.17, 15) is 19.7 Å². The number of anilines is 1. The number of nitro groups is 1. The van der Waals surface area contributed by atoms with E-state index in [-0.39, 0.29) is 17.2 Å². The van der Waals surface area contributed by atoms with Gasteiger partial charge in [-0.25, -0.2) is 9.69 Å². The van der Waals surface area contributed by atoms with Gasteiger partial charge in [-0.2, -0.15) is 5.10 Å². The van der Waals surface area contributed by atoms with Gasteiger partial charge in [-0.1, -0.05) is 47.5 Å². The first-order chi connectivity index (χ1) is 18.2. The molecule has 4 aromatic rings. The van der Waals surface area contributed by atoms with Crippen molar-refractivity contribution in [2.45, 2.75) is 33.6 Å². The summed E-state index contributed by atoms with van der Waals surface area (Å²) in [4.78, 5) is 38.9. The summed E-state index contributed by atoms with van der Waals surface area (Å²) in [6, 6.07) is 21.0. The molecule has 0 spiro atoms. The van der Waals surface area contributed by atoms with Crippen molar-refractivity contribution < 1.29 is 9.72 Å². The number of hydrogen-bond acceptors (Lipinski definition) is 5. The Bertz CT molecular complexity index is 1630. The van der Waals surface area contributed by atoms with Crippen LogP contribution in [0.4, 0.5) is 11.4 Å². The molecule has 0 aliphatic carbocycles. The van der Waals surface area contributed by atoms with E-state index in [4.69, 9.17) is 0 Å². The van der Waals surface area contributed by atoms with Crippen LogP contribution in [0.2, 0.25) is 0 Å². The molecule has 0 fully saturated rings. The molecule has 0 unspecified atom stereocenters. The van der Waals surface area contributed by atoms with Crippen LogP contribution in [0.5, 0.6) is 0 Å². The van der Waals surface area contributed by atoms with Gasteiger partial charge in [0.15, 0.2) is 0 Å². The van der Waals surface area contributed by atoms with Crippen LogP contribution in [-0.4, -0.2) is 26.3 Å². The van der Waals surface area contributed by atoms with Crippen LogP contribution in [-0.2, 0) is 4.79 Å². The smallest absolute Gasteiger partial charge is 0.275 e. The minimum atomic E-state index is -0.827. The highest BCUT2D eigenvalue weighted by molar-refractivity contribution is 6.15. The minimum absolute atomic E-state index is 0.116. The lowest BCUT2D eigenvalue weighted by Gasteiger charge is -2.23. The molecule has 1 N–H and O–H groups in total. The first-order valence-corrected chi connectivity index (χ1v) is 12.2. The van der Waals surface area contributed by atoms with Gasteiger partial charge >= 0.3 is 0 Å². The number of carbonyl (C=O) groups excluding carboxylic acids is 1. The van der Waals surface area contributed by atoms with Crippen molar-refractivity contribution in [3.63, 3.8) is 0 Å². The zero-order valence-corrected chi connectivity index (χ0v) is 21.5. The molecule has 1 aromatic heterocycles. The number of nitrogens with one attached hydrogen (secondary N) is 1. The summed E-state index contributed by atoms with van der Waals surface area (Å²) in [5.74, 6) is -1.92. The van der Waals surface area contributed by atoms with Crippen LogP contribution in [0, 0.1) is 36.8 Å². The molecule has 5 rings (SSSR count). The van der Waals surface area contributed by atoms with E-state index in [1.54, 1.807) is 26.0 Å². The number of amides is 1. The molecule has 1 amide bonds. The van der Waals surface area contributed by atoms with Crippen molar-refractivity contribution in [3.05, 3.63) is 121 Å². The highest BCUT2D eigenvalue weighted by atomic mass is 16.6. The summed E-state index contributed by atoms with van der Waals surface area (Å²) in [6.45, 7) is 7.44. The van der Waals surface area contributed by atoms with Gasteiger partial charge < -0.3 is 0 Å². The quantitative estimate of drug-likeness (QED) is 0.285. The lowest BCUT2D eigenvalue weighted by atomic mass is 9.78. The second kappa shape index (κ2) is 9.59. The zero-order chi connectivity index (χ0) is 27.1. The highest BCUT2D eigenvalue weighted by Crippen LogP contribution is 2.39. The molecule has 0 saturated heterocycles. The zero-order valence-electron chi connectivity index (χ0n) is 21.5. The normalized spacial score (nSPS) is 16.0. The number of aromatic amines is 1. The van der Waals surface area contributed by atoms with Gasteiger partial charge in [-0.3, -0.25) is 24.8 Å². The average molecular weight is 510 g/mol. The third-order valence-corrected chi connectivity index (χ3v) is 6.95. The van der Waals surface area contributed by atoms with Gasteiger partial charge in [-0.15, -0.1) is 0 Å². The van der Waals surface area contributed by atoms with E-state index < -0.39 is 16.8 Å². The maximum atomic E-state index is 13.9. The number of hydrazone groups is 1. The van der Waals surface area contributed by atoms with Crippen molar-refractivity contribution in [1.82, 2.24) is 9.78 Å². The minimum Gasteiger partial charge on any atom is -0.295 e. The molecule has 0 saturated carbocycles. The highest BCUT2D eigenvalue weighted by Gasteiger charge is 2.44. The number of aryl methyl sites for hydroxylation is 3. The molecule has 2 heterocycles. The van der Waals surface area contributed by atoms with Gasteiger partial charge in [0, 0.05) is 35.0 Å². The molecular weight excluding hydrogens is 482 g/mol. The Balaban J connectivity index is 1.68. The van der Waals surface area contributed by atoms with Crippen LogP contribution in [0.15, 0.2) is 82.7 Å². The Morgan fingerprint density at radius 1 is 0.895 bits per heavy atom. The Kier molecular flexibility index (Phi) is 6.28. The third-order valence-electron chi connectivity index (χ3n) is 6.95. The van der Waals surface area contributed by atoms with Crippen molar-refractivity contribution in [3.8, 4) is 5.69 Å². The summed E-state index contributed by atoms with van der Waals surface area (Å²) in [6.07, 6.45) is 0. The SMILES string of the molecule is CC1=NN(c2ccc(C)cc2)C(=O)[C@@H]1[C@@H](c1cccc([N+](=O)[O-])c1)c1c(C)[nH]n(-c2ccc(C)cc2)c1=O. The molecule has 1 aliphatic rings. The predicted molar refractivity (Wildman–Crippen MR) is 146 cm³/mol. The molecule has 9 nitrogen and oxygen atoms in total. The molecule has 0 radical (unpaired) electrons. The maximum absolute atomic E-state index is 13.9. The Hall–Kier alpha value is -4.79. The van der Waals surface area contributed by atoms with Crippen LogP contribution >= 0.6 is 0 Å². The number of non-ortho nitro benzene ring substituents is 1. The number of aromatic nitrogens is 2. The molecular formula is C29H27N5O4. The monoisotopic (exact) mass is 509 g/mol. The number of rotatable bonds is 6. The number of nitro benzene ring substituents is 1. The second-order valence-electron chi connectivity index (χ2n) is 9.66. The predicted octanol–water partition coefficient (Wildman–Crippen LogP) is 5.17. The summed E-state index contributed by atoms with van der Waals surface area (Å²) in [7, 11) is 0. The Labute approximate surface area is 219 Å². The van der Waals surface area contributed by atoms with Crippen molar-refractivity contribution in [2.24, 2.45) is 11.0 Å². The van der Waals surface area contributed by atoms with Gasteiger partial charge in [-0.05, 0) is 57.5 Å². The first kappa shape index (κ1) is 24.9. The number of benzene rings is 3. The van der Waals surface area contributed by atoms with Gasteiger partial charge in [0.25, 0.3) is 17.2 Å². The van der Waals surface area contributed by atoms with E-state index in [0.717, 1.165) is 11.1 Å². The summed E-state index contributed by atoms with van der Waals surface area (Å²) >= 11 is 0. The Morgan fingerprint density at radius 3 is 2.11 bits per heavy atom. The fourth-order valence-corrected chi connectivity index (χ4v) is 4.99. The molecule has 1 aliphatic heterocycles. The molecule has 9 heteroatoms. The van der Waals surface area contributed by atoms with Crippen LogP contribution in [0.3, 0.4) is 0 Å². The Morgan fingerprint density at radius 2 is 1.50 bits per heavy atom. The average Bonchev–Trinajstić information content (AvgIpc) is 3.36. The molecule has 3 aromatic carbocycles. The molecule has 0 bridgehead atoms. The van der Waals surface area contributed by atoms with E-state index in [2.05, 4.69) is 10.2 Å². The van der Waals surface area contributed by atoms with Crippen molar-refractivity contribution in [2.75, 3.05) is 5.01 Å². The largest absolute Gasteiger partial charge is 0.295 e. The molecule has 2 atom stereocenters. The molecule has 38 heavy (non-hydrogen) atoms. The summed E-state index contributed by atoms with van der Waals surface area (Å²) in [5.41, 5.74) is 4.88.